The van der Waals surface area contributed by atoms with Crippen LogP contribution in [0.2, 0.25) is 0 Å². The lowest BCUT2D eigenvalue weighted by molar-refractivity contribution is 0.851. The Labute approximate surface area is 170 Å². The molecule has 0 atom stereocenters. The van der Waals surface area contributed by atoms with E-state index in [0.717, 1.165) is 16.1 Å². The van der Waals surface area contributed by atoms with Gasteiger partial charge in [-0.05, 0) is 48.6 Å². The van der Waals surface area contributed by atoms with Crippen molar-refractivity contribution in [2.24, 2.45) is 5.73 Å². The number of fused-ring (bicyclic) bond motifs is 1. The third kappa shape index (κ3) is 3.74. The minimum absolute atomic E-state index is 0.207. The number of nitrogens with two attached hydrogens (primary N) is 1. The van der Waals surface area contributed by atoms with E-state index in [0.29, 0.717) is 11.4 Å². The monoisotopic (exact) mass is 403 g/mol. The lowest BCUT2D eigenvalue weighted by atomic mass is 10.1. The van der Waals surface area contributed by atoms with Crippen LogP contribution in [-0.4, -0.2) is 14.9 Å². The zero-order valence-corrected chi connectivity index (χ0v) is 16.0. The molecule has 0 aliphatic heterocycles. The SMILES string of the molecule is NC(=S)n1[nH]c(=O)c2cc(Nc3ccccc3)c(Nc3ccccc3)cc2c1=O. The van der Waals surface area contributed by atoms with Gasteiger partial charge in [0.1, 0.15) is 0 Å². The molecule has 1 aromatic heterocycles. The quantitative estimate of drug-likeness (QED) is 0.390. The van der Waals surface area contributed by atoms with Crippen molar-refractivity contribution in [2.75, 3.05) is 10.6 Å². The van der Waals surface area contributed by atoms with Gasteiger partial charge in [-0.3, -0.25) is 14.7 Å². The first-order valence-corrected chi connectivity index (χ1v) is 9.21. The fourth-order valence-electron chi connectivity index (χ4n) is 3.01. The summed E-state index contributed by atoms with van der Waals surface area (Å²) >= 11 is 4.87. The van der Waals surface area contributed by atoms with Crippen molar-refractivity contribution < 1.29 is 0 Å². The highest BCUT2D eigenvalue weighted by atomic mass is 32.1. The van der Waals surface area contributed by atoms with Gasteiger partial charge in [-0.25, -0.2) is 0 Å². The Bertz CT molecular complexity index is 1310. The van der Waals surface area contributed by atoms with Crippen molar-refractivity contribution in [3.05, 3.63) is 93.5 Å². The Balaban J connectivity index is 1.93. The first-order valence-electron chi connectivity index (χ1n) is 8.80. The van der Waals surface area contributed by atoms with Gasteiger partial charge < -0.3 is 16.4 Å². The number of H-pyrrole nitrogens is 1. The molecule has 7 nitrogen and oxygen atoms in total. The molecule has 0 aliphatic rings. The van der Waals surface area contributed by atoms with Gasteiger partial charge in [0.2, 0.25) is 0 Å². The van der Waals surface area contributed by atoms with Gasteiger partial charge >= 0.3 is 0 Å². The minimum Gasteiger partial charge on any atom is -0.374 e. The molecule has 3 aromatic carbocycles. The Kier molecular flexibility index (Phi) is 4.84. The fourth-order valence-corrected chi connectivity index (χ4v) is 3.14. The largest absolute Gasteiger partial charge is 0.374 e. The lowest BCUT2D eigenvalue weighted by Gasteiger charge is -2.16. The normalized spacial score (nSPS) is 10.6. The van der Waals surface area contributed by atoms with E-state index >= 15 is 0 Å². The zero-order valence-electron chi connectivity index (χ0n) is 15.2. The predicted octanol–water partition coefficient (Wildman–Crippen LogP) is 3.27. The van der Waals surface area contributed by atoms with Crippen molar-refractivity contribution in [2.45, 2.75) is 0 Å². The third-order valence-corrected chi connectivity index (χ3v) is 4.56. The molecular formula is C21H17N5O2S. The number of hydrogen-bond donors (Lipinski definition) is 4. The second-order valence-electron chi connectivity index (χ2n) is 6.35. The van der Waals surface area contributed by atoms with E-state index in [-0.39, 0.29) is 15.9 Å². The summed E-state index contributed by atoms with van der Waals surface area (Å²) < 4.78 is 0.872. The Morgan fingerprint density at radius 2 is 1.31 bits per heavy atom. The summed E-state index contributed by atoms with van der Waals surface area (Å²) in [6, 6.07) is 22.3. The van der Waals surface area contributed by atoms with E-state index in [1.165, 1.54) is 0 Å². The molecule has 1 heterocycles. The molecular weight excluding hydrogens is 386 g/mol. The molecule has 0 bridgehead atoms. The minimum atomic E-state index is -0.491. The maximum Gasteiger partial charge on any atom is 0.279 e. The number of aromatic nitrogens is 2. The van der Waals surface area contributed by atoms with Gasteiger partial charge in [-0.15, -0.1) is 0 Å². The Morgan fingerprint density at radius 3 is 1.79 bits per heavy atom. The van der Waals surface area contributed by atoms with Gasteiger partial charge in [0, 0.05) is 11.4 Å². The number of nitrogens with one attached hydrogen (secondary N) is 3. The highest BCUT2D eigenvalue weighted by molar-refractivity contribution is 7.80. The maximum atomic E-state index is 12.8. The number of benzene rings is 3. The Morgan fingerprint density at radius 1 is 0.828 bits per heavy atom. The van der Waals surface area contributed by atoms with Crippen molar-refractivity contribution in [1.29, 1.82) is 0 Å². The first kappa shape index (κ1) is 18.5. The molecule has 8 heteroatoms. The zero-order chi connectivity index (χ0) is 20.4. The van der Waals surface area contributed by atoms with E-state index in [9.17, 15) is 9.59 Å². The molecule has 5 N–H and O–H groups in total. The van der Waals surface area contributed by atoms with E-state index in [2.05, 4.69) is 15.7 Å². The van der Waals surface area contributed by atoms with Crippen molar-refractivity contribution >= 4 is 50.9 Å². The number of thiocarbonyl (C=S) groups is 1. The number of nitrogens with zero attached hydrogens (tertiary/aromatic N) is 1. The number of aromatic amines is 1. The molecule has 0 radical (unpaired) electrons. The highest BCUT2D eigenvalue weighted by Crippen LogP contribution is 2.31. The average molecular weight is 403 g/mol. The molecule has 0 saturated carbocycles. The topological polar surface area (TPSA) is 105 Å². The summed E-state index contributed by atoms with van der Waals surface area (Å²) in [4.78, 5) is 25.3. The van der Waals surface area contributed by atoms with Gasteiger partial charge in [-0.1, -0.05) is 36.4 Å². The smallest absolute Gasteiger partial charge is 0.279 e. The van der Waals surface area contributed by atoms with Crippen molar-refractivity contribution in [3.63, 3.8) is 0 Å². The first-order chi connectivity index (χ1) is 14.0. The van der Waals surface area contributed by atoms with E-state index in [1.807, 2.05) is 60.7 Å². The summed E-state index contributed by atoms with van der Waals surface area (Å²) in [5, 5.41) is 9.22. The molecule has 4 rings (SSSR count). The van der Waals surface area contributed by atoms with E-state index in [1.54, 1.807) is 12.1 Å². The average Bonchev–Trinajstić information content (AvgIpc) is 2.73. The third-order valence-electron chi connectivity index (χ3n) is 4.38. The predicted molar refractivity (Wildman–Crippen MR) is 120 cm³/mol. The second-order valence-corrected chi connectivity index (χ2v) is 6.76. The van der Waals surface area contributed by atoms with Gasteiger partial charge in [0.05, 0.1) is 22.1 Å². The van der Waals surface area contributed by atoms with Crippen LogP contribution in [0.4, 0.5) is 22.7 Å². The molecule has 0 aliphatic carbocycles. The van der Waals surface area contributed by atoms with Crippen LogP contribution in [0.1, 0.15) is 0 Å². The fraction of sp³-hybridized carbons (Fsp3) is 0. The van der Waals surface area contributed by atoms with Crippen LogP contribution >= 0.6 is 12.2 Å². The molecule has 0 unspecified atom stereocenters. The summed E-state index contributed by atoms with van der Waals surface area (Å²) in [5.74, 6) is 0. The van der Waals surface area contributed by atoms with Gasteiger partial charge in [0.25, 0.3) is 11.1 Å². The molecule has 0 spiro atoms. The number of para-hydroxylation sites is 2. The molecule has 144 valence electrons. The van der Waals surface area contributed by atoms with Crippen LogP contribution in [0.25, 0.3) is 10.8 Å². The highest BCUT2D eigenvalue weighted by Gasteiger charge is 2.14. The van der Waals surface area contributed by atoms with Crippen LogP contribution in [-0.2, 0) is 0 Å². The summed E-state index contributed by atoms with van der Waals surface area (Å²) in [5.41, 5.74) is 7.56. The summed E-state index contributed by atoms with van der Waals surface area (Å²) in [6.07, 6.45) is 0. The van der Waals surface area contributed by atoms with Gasteiger partial charge in [-0.2, -0.15) is 4.68 Å². The second kappa shape index (κ2) is 7.61. The van der Waals surface area contributed by atoms with Crippen LogP contribution in [0.3, 0.4) is 0 Å². The number of anilines is 4. The summed E-state index contributed by atoms with van der Waals surface area (Å²) in [7, 11) is 0. The molecule has 0 amide bonds. The van der Waals surface area contributed by atoms with Crippen LogP contribution < -0.4 is 27.5 Å². The number of rotatable bonds is 4. The van der Waals surface area contributed by atoms with Crippen LogP contribution in [0, 0.1) is 0 Å². The molecule has 29 heavy (non-hydrogen) atoms. The molecule has 4 aromatic rings. The van der Waals surface area contributed by atoms with Crippen LogP contribution in [0.15, 0.2) is 82.4 Å². The van der Waals surface area contributed by atoms with E-state index < -0.39 is 11.1 Å². The molecule has 0 saturated heterocycles. The Hall–Kier alpha value is -3.91. The lowest BCUT2D eigenvalue weighted by Crippen LogP contribution is -2.37. The standard InChI is InChI=1S/C21H17N5O2S/c22-21(29)26-20(28)16-12-18(24-14-9-5-2-6-10-14)17(11-15(16)19(27)25-26)23-13-7-3-1-4-8-13/h1-12,23-24H,(H2,22,29)(H,25,27). The van der Waals surface area contributed by atoms with Gasteiger partial charge in [0.15, 0.2) is 5.11 Å². The molecule has 0 fully saturated rings. The van der Waals surface area contributed by atoms with E-state index in [4.69, 9.17) is 18.0 Å². The van der Waals surface area contributed by atoms with Crippen molar-refractivity contribution in [3.8, 4) is 0 Å². The maximum absolute atomic E-state index is 12.8. The summed E-state index contributed by atoms with van der Waals surface area (Å²) in [6.45, 7) is 0. The van der Waals surface area contributed by atoms with Crippen molar-refractivity contribution in [1.82, 2.24) is 9.78 Å². The number of hydrogen-bond acceptors (Lipinski definition) is 5. The van der Waals surface area contributed by atoms with Crippen LogP contribution in [0.5, 0.6) is 0 Å².